The molecule has 3 aromatic carbocycles. The molecule has 1 aliphatic rings. The van der Waals surface area contributed by atoms with Crippen LogP contribution in [0.25, 0.3) is 10.9 Å². The van der Waals surface area contributed by atoms with Crippen molar-refractivity contribution >= 4 is 16.8 Å². The highest BCUT2D eigenvalue weighted by molar-refractivity contribution is 5.86. The highest BCUT2D eigenvalue weighted by Gasteiger charge is 2.27. The van der Waals surface area contributed by atoms with E-state index in [0.717, 1.165) is 49.2 Å². The van der Waals surface area contributed by atoms with Crippen LogP contribution < -0.4 is 4.74 Å². The summed E-state index contributed by atoms with van der Waals surface area (Å²) < 4.78 is 5.36. The number of methoxy groups -OCH3 is 1. The summed E-state index contributed by atoms with van der Waals surface area (Å²) in [5.41, 5.74) is 4.81. The number of piperidine rings is 1. The minimum Gasteiger partial charge on any atom is -0.497 e. The number of fused-ring (bicyclic) bond motifs is 1. The molecule has 0 spiro atoms. The summed E-state index contributed by atoms with van der Waals surface area (Å²) in [5, 5.41) is 1.18. The van der Waals surface area contributed by atoms with Gasteiger partial charge in [-0.1, -0.05) is 60.7 Å². The van der Waals surface area contributed by atoms with Crippen molar-refractivity contribution < 1.29 is 9.53 Å². The predicted molar refractivity (Wildman–Crippen MR) is 137 cm³/mol. The van der Waals surface area contributed by atoms with Gasteiger partial charge in [0, 0.05) is 42.5 Å². The van der Waals surface area contributed by atoms with Gasteiger partial charge < -0.3 is 14.6 Å². The Morgan fingerprint density at radius 3 is 2.41 bits per heavy atom. The summed E-state index contributed by atoms with van der Waals surface area (Å²) >= 11 is 0. The lowest BCUT2D eigenvalue weighted by Gasteiger charge is -2.33. The normalized spacial score (nSPS) is 15.4. The van der Waals surface area contributed by atoms with Gasteiger partial charge in [-0.25, -0.2) is 0 Å². The van der Waals surface area contributed by atoms with Crippen molar-refractivity contribution in [1.29, 1.82) is 0 Å². The van der Waals surface area contributed by atoms with Crippen LogP contribution in [0.5, 0.6) is 5.75 Å². The van der Waals surface area contributed by atoms with Gasteiger partial charge in [0.15, 0.2) is 0 Å². The topological polar surface area (TPSA) is 45.3 Å². The van der Waals surface area contributed by atoms with Gasteiger partial charge in [-0.3, -0.25) is 4.79 Å². The van der Waals surface area contributed by atoms with Gasteiger partial charge in [0.1, 0.15) is 5.75 Å². The molecule has 1 atom stereocenters. The third-order valence-corrected chi connectivity index (χ3v) is 7.23. The van der Waals surface area contributed by atoms with Crippen LogP contribution in [0, 0.1) is 5.92 Å². The van der Waals surface area contributed by atoms with Crippen LogP contribution in [-0.4, -0.2) is 36.0 Å². The maximum atomic E-state index is 13.5. The highest BCUT2D eigenvalue weighted by Crippen LogP contribution is 2.35. The zero-order valence-electron chi connectivity index (χ0n) is 19.7. The van der Waals surface area contributed by atoms with Crippen LogP contribution in [0.3, 0.4) is 0 Å². The Hall–Kier alpha value is -3.53. The zero-order valence-corrected chi connectivity index (χ0v) is 19.7. The highest BCUT2D eigenvalue weighted by atomic mass is 16.5. The number of rotatable bonds is 7. The van der Waals surface area contributed by atoms with E-state index in [1.807, 2.05) is 18.2 Å². The van der Waals surface area contributed by atoms with Crippen LogP contribution >= 0.6 is 0 Å². The van der Waals surface area contributed by atoms with Crippen molar-refractivity contribution in [2.45, 2.75) is 31.6 Å². The number of ether oxygens (including phenoxy) is 1. The van der Waals surface area contributed by atoms with E-state index in [2.05, 4.69) is 76.7 Å². The van der Waals surface area contributed by atoms with Gasteiger partial charge in [0.25, 0.3) is 0 Å². The lowest BCUT2D eigenvalue weighted by Crippen LogP contribution is -2.39. The number of hydrogen-bond acceptors (Lipinski definition) is 2. The van der Waals surface area contributed by atoms with E-state index in [1.165, 1.54) is 16.5 Å². The molecule has 1 unspecified atom stereocenters. The number of likely N-dealkylation sites (tertiary alicyclic amines) is 1. The van der Waals surface area contributed by atoms with Gasteiger partial charge in [-0.2, -0.15) is 0 Å². The molecular weight excluding hydrogens is 420 g/mol. The van der Waals surface area contributed by atoms with Gasteiger partial charge in [-0.15, -0.1) is 0 Å². The van der Waals surface area contributed by atoms with Crippen molar-refractivity contribution in [2.75, 3.05) is 20.2 Å². The molecule has 4 heteroatoms. The number of amides is 1. The number of H-pyrrole nitrogens is 1. The monoisotopic (exact) mass is 452 g/mol. The minimum absolute atomic E-state index is 0.00315. The fourth-order valence-corrected chi connectivity index (χ4v) is 5.26. The Morgan fingerprint density at radius 1 is 0.971 bits per heavy atom. The summed E-state index contributed by atoms with van der Waals surface area (Å²) in [7, 11) is 1.68. The standard InChI is InChI=1S/C30H32N2O2/c1-34-25-13-11-24(12-14-25)27(28-21-31-29-10-6-5-9-26(28)29)20-30(33)32-17-15-23(16-18-32)19-22-7-3-2-4-8-22/h2-14,21,23,27,31H,15-20H2,1H3. The third-order valence-electron chi connectivity index (χ3n) is 7.23. The van der Waals surface area contributed by atoms with Gasteiger partial charge in [0.05, 0.1) is 7.11 Å². The molecule has 4 nitrogen and oxygen atoms in total. The molecule has 1 aliphatic heterocycles. The molecule has 1 N–H and O–H groups in total. The molecule has 1 aromatic heterocycles. The molecule has 1 amide bonds. The average molecular weight is 453 g/mol. The molecule has 0 aliphatic carbocycles. The second-order valence-electron chi connectivity index (χ2n) is 9.33. The van der Waals surface area contributed by atoms with Crippen molar-refractivity contribution in [3.8, 4) is 5.75 Å². The van der Waals surface area contributed by atoms with E-state index in [1.54, 1.807) is 7.11 Å². The van der Waals surface area contributed by atoms with E-state index in [9.17, 15) is 4.79 Å². The van der Waals surface area contributed by atoms with Gasteiger partial charge in [-0.05, 0) is 60.1 Å². The Bertz CT molecular complexity index is 1220. The number of nitrogens with zero attached hydrogens (tertiary/aromatic N) is 1. The number of aromatic amines is 1. The SMILES string of the molecule is COc1ccc(C(CC(=O)N2CCC(Cc3ccccc3)CC2)c2c[nH]c3ccccc23)cc1. The quantitative estimate of drug-likeness (QED) is 0.364. The first-order valence-corrected chi connectivity index (χ1v) is 12.2. The molecule has 2 heterocycles. The fraction of sp³-hybridized carbons (Fsp3) is 0.300. The molecule has 1 saturated heterocycles. The van der Waals surface area contributed by atoms with Gasteiger partial charge in [0.2, 0.25) is 5.91 Å². The molecule has 0 saturated carbocycles. The Labute approximate surface area is 201 Å². The number of para-hydroxylation sites is 1. The van der Waals surface area contributed by atoms with E-state index in [-0.39, 0.29) is 11.8 Å². The summed E-state index contributed by atoms with van der Waals surface area (Å²) in [6, 6.07) is 27.2. The fourth-order valence-electron chi connectivity index (χ4n) is 5.26. The summed E-state index contributed by atoms with van der Waals surface area (Å²) in [6.07, 6.45) is 5.78. The van der Waals surface area contributed by atoms with Crippen molar-refractivity contribution in [2.24, 2.45) is 5.92 Å². The van der Waals surface area contributed by atoms with E-state index < -0.39 is 0 Å². The average Bonchev–Trinajstić information content (AvgIpc) is 3.32. The molecule has 0 radical (unpaired) electrons. The molecule has 0 bridgehead atoms. The van der Waals surface area contributed by atoms with Crippen LogP contribution in [0.1, 0.15) is 41.9 Å². The maximum Gasteiger partial charge on any atom is 0.223 e. The molecule has 1 fully saturated rings. The smallest absolute Gasteiger partial charge is 0.223 e. The molecule has 34 heavy (non-hydrogen) atoms. The molecule has 4 aromatic rings. The molecular formula is C30H32N2O2. The Kier molecular flexibility index (Phi) is 6.66. The van der Waals surface area contributed by atoms with Crippen LogP contribution in [0.4, 0.5) is 0 Å². The van der Waals surface area contributed by atoms with Crippen molar-refractivity contribution in [3.05, 3.63) is 102 Å². The second-order valence-corrected chi connectivity index (χ2v) is 9.33. The lowest BCUT2D eigenvalue weighted by molar-refractivity contribution is -0.132. The van der Waals surface area contributed by atoms with E-state index in [0.29, 0.717) is 12.3 Å². The number of benzene rings is 3. The number of aromatic nitrogens is 1. The first-order valence-electron chi connectivity index (χ1n) is 12.2. The number of carbonyl (C=O) groups is 1. The van der Waals surface area contributed by atoms with Crippen molar-refractivity contribution in [1.82, 2.24) is 9.88 Å². The van der Waals surface area contributed by atoms with E-state index in [4.69, 9.17) is 4.74 Å². The van der Waals surface area contributed by atoms with Gasteiger partial charge >= 0.3 is 0 Å². The summed E-state index contributed by atoms with van der Waals surface area (Å²) in [5.74, 6) is 1.71. The third kappa shape index (κ3) is 4.86. The zero-order chi connectivity index (χ0) is 23.3. The van der Waals surface area contributed by atoms with Crippen LogP contribution in [0.15, 0.2) is 85.1 Å². The maximum absolute atomic E-state index is 13.5. The Balaban J connectivity index is 1.31. The number of carbonyl (C=O) groups excluding carboxylic acids is 1. The Morgan fingerprint density at radius 2 is 1.68 bits per heavy atom. The number of hydrogen-bond donors (Lipinski definition) is 1. The predicted octanol–water partition coefficient (Wildman–Crippen LogP) is 6.18. The van der Waals surface area contributed by atoms with Crippen molar-refractivity contribution in [3.63, 3.8) is 0 Å². The first kappa shape index (κ1) is 22.3. The van der Waals surface area contributed by atoms with Crippen LogP contribution in [-0.2, 0) is 11.2 Å². The lowest BCUT2D eigenvalue weighted by atomic mass is 9.86. The molecule has 174 valence electrons. The summed E-state index contributed by atoms with van der Waals surface area (Å²) in [6.45, 7) is 1.69. The number of nitrogens with one attached hydrogen (secondary N) is 1. The largest absolute Gasteiger partial charge is 0.497 e. The second kappa shape index (κ2) is 10.2. The summed E-state index contributed by atoms with van der Waals surface area (Å²) in [4.78, 5) is 19.0. The minimum atomic E-state index is -0.00315. The molecule has 5 rings (SSSR count). The van der Waals surface area contributed by atoms with E-state index >= 15 is 0 Å². The van der Waals surface area contributed by atoms with Crippen LogP contribution in [0.2, 0.25) is 0 Å². The first-order chi connectivity index (χ1) is 16.7.